The van der Waals surface area contributed by atoms with Crippen LogP contribution in [0.5, 0.6) is 0 Å². The number of hydrogen-bond donors (Lipinski definition) is 2. The molecule has 110 valence electrons. The van der Waals surface area contributed by atoms with Crippen LogP contribution >= 0.6 is 15.9 Å². The Labute approximate surface area is 133 Å². The minimum Gasteiger partial charge on any atom is -0.384 e. The highest BCUT2D eigenvalue weighted by atomic mass is 79.9. The number of aryl methyl sites for hydroxylation is 1. The predicted octanol–water partition coefficient (Wildman–Crippen LogP) is 4.23. The molecule has 0 saturated carbocycles. The maximum Gasteiger partial charge on any atom is 0.259 e. The maximum atomic E-state index is 12.4. The summed E-state index contributed by atoms with van der Waals surface area (Å²) in [6.07, 6.45) is 2.61. The van der Waals surface area contributed by atoms with Crippen molar-refractivity contribution in [1.82, 2.24) is 4.98 Å². The molecule has 1 heterocycles. The molecule has 1 amide bonds. The normalized spacial score (nSPS) is 10.2. The van der Waals surface area contributed by atoms with Gasteiger partial charge in [-0.3, -0.25) is 9.78 Å². The van der Waals surface area contributed by atoms with Crippen LogP contribution in [0.3, 0.4) is 0 Å². The third-order valence-corrected chi connectivity index (χ3v) is 3.48. The number of halogens is 1. The fraction of sp³-hybridized carbons (Fsp3) is 0.250. The van der Waals surface area contributed by atoms with Crippen LogP contribution in [0, 0.1) is 6.92 Å². The first-order valence-corrected chi connectivity index (χ1v) is 7.67. The summed E-state index contributed by atoms with van der Waals surface area (Å²) in [4.78, 5) is 16.6. The topological polar surface area (TPSA) is 54.0 Å². The van der Waals surface area contributed by atoms with Crippen molar-refractivity contribution in [3.05, 3.63) is 52.3 Å². The van der Waals surface area contributed by atoms with E-state index in [9.17, 15) is 4.79 Å². The monoisotopic (exact) mass is 347 g/mol. The summed E-state index contributed by atoms with van der Waals surface area (Å²) in [6.45, 7) is 4.82. The Bertz CT molecular complexity index is 626. The van der Waals surface area contributed by atoms with Crippen molar-refractivity contribution in [1.29, 1.82) is 0 Å². The Kier molecular flexibility index (Phi) is 5.33. The molecule has 0 aliphatic carbocycles. The van der Waals surface area contributed by atoms with Crippen LogP contribution in [0.25, 0.3) is 0 Å². The molecular formula is C16H18BrN3O. The van der Waals surface area contributed by atoms with E-state index in [1.807, 2.05) is 37.3 Å². The summed E-state index contributed by atoms with van der Waals surface area (Å²) in [6, 6.07) is 9.37. The summed E-state index contributed by atoms with van der Waals surface area (Å²) in [7, 11) is 0. The molecule has 0 atom stereocenters. The second kappa shape index (κ2) is 7.22. The lowest BCUT2D eigenvalue weighted by Gasteiger charge is -2.12. The van der Waals surface area contributed by atoms with E-state index in [0.717, 1.165) is 34.5 Å². The molecule has 0 saturated heterocycles. The molecule has 0 unspecified atom stereocenters. The van der Waals surface area contributed by atoms with E-state index in [0.29, 0.717) is 5.56 Å². The van der Waals surface area contributed by atoms with Crippen LogP contribution in [0.1, 0.15) is 29.4 Å². The van der Waals surface area contributed by atoms with Crippen molar-refractivity contribution in [3.8, 4) is 0 Å². The van der Waals surface area contributed by atoms with Gasteiger partial charge >= 0.3 is 0 Å². The van der Waals surface area contributed by atoms with Gasteiger partial charge in [0.25, 0.3) is 5.91 Å². The van der Waals surface area contributed by atoms with Gasteiger partial charge in [0.05, 0.1) is 11.3 Å². The number of carbonyl (C=O) groups excluding carboxylic acids is 1. The summed E-state index contributed by atoms with van der Waals surface area (Å²) in [5.41, 5.74) is 3.01. The summed E-state index contributed by atoms with van der Waals surface area (Å²) in [5.74, 6) is -0.163. The first-order chi connectivity index (χ1) is 10.1. The Morgan fingerprint density at radius 3 is 2.67 bits per heavy atom. The average Bonchev–Trinajstić information content (AvgIpc) is 2.47. The third-order valence-electron chi connectivity index (χ3n) is 2.95. The number of hydrogen-bond acceptors (Lipinski definition) is 3. The standard InChI is InChI=1S/C16H18BrN3O/c1-3-8-18-15-9-11(2)19-10-14(15)16(21)20-13-6-4-12(17)5-7-13/h4-7,9-10H,3,8H2,1-2H3,(H,18,19)(H,20,21). The van der Waals surface area contributed by atoms with E-state index in [1.165, 1.54) is 0 Å². The number of carbonyl (C=O) groups is 1. The summed E-state index contributed by atoms with van der Waals surface area (Å²) >= 11 is 3.37. The lowest BCUT2D eigenvalue weighted by molar-refractivity contribution is 0.102. The van der Waals surface area contributed by atoms with Gasteiger partial charge in [-0.1, -0.05) is 22.9 Å². The quantitative estimate of drug-likeness (QED) is 0.850. The van der Waals surface area contributed by atoms with Gasteiger partial charge < -0.3 is 10.6 Å². The van der Waals surface area contributed by atoms with Crippen LogP contribution in [-0.2, 0) is 0 Å². The molecule has 5 heteroatoms. The van der Waals surface area contributed by atoms with Crippen LogP contribution in [-0.4, -0.2) is 17.4 Å². The lowest BCUT2D eigenvalue weighted by Crippen LogP contribution is -2.16. The lowest BCUT2D eigenvalue weighted by atomic mass is 10.2. The SMILES string of the molecule is CCCNc1cc(C)ncc1C(=O)Nc1ccc(Br)cc1. The highest BCUT2D eigenvalue weighted by Gasteiger charge is 2.12. The van der Waals surface area contributed by atoms with Crippen molar-refractivity contribution in [2.75, 3.05) is 17.2 Å². The molecule has 21 heavy (non-hydrogen) atoms. The number of rotatable bonds is 5. The van der Waals surface area contributed by atoms with Crippen LogP contribution in [0.4, 0.5) is 11.4 Å². The average molecular weight is 348 g/mol. The Hall–Kier alpha value is -1.88. The third kappa shape index (κ3) is 4.29. The van der Waals surface area contributed by atoms with E-state index < -0.39 is 0 Å². The second-order valence-electron chi connectivity index (χ2n) is 4.76. The van der Waals surface area contributed by atoms with Crippen molar-refractivity contribution in [2.45, 2.75) is 20.3 Å². The summed E-state index contributed by atoms with van der Waals surface area (Å²) in [5, 5.41) is 6.15. The van der Waals surface area contributed by atoms with Gasteiger partial charge in [-0.05, 0) is 43.7 Å². The highest BCUT2D eigenvalue weighted by Crippen LogP contribution is 2.19. The van der Waals surface area contributed by atoms with Gasteiger partial charge in [0, 0.05) is 28.6 Å². The largest absolute Gasteiger partial charge is 0.384 e. The molecule has 0 bridgehead atoms. The number of anilines is 2. The fourth-order valence-corrected chi connectivity index (χ4v) is 2.14. The van der Waals surface area contributed by atoms with Gasteiger partial charge in [-0.2, -0.15) is 0 Å². The van der Waals surface area contributed by atoms with Crippen molar-refractivity contribution >= 4 is 33.2 Å². The molecule has 0 aliphatic heterocycles. The molecular weight excluding hydrogens is 330 g/mol. The van der Waals surface area contributed by atoms with E-state index in [2.05, 4.69) is 38.5 Å². The molecule has 0 radical (unpaired) electrons. The zero-order valence-corrected chi connectivity index (χ0v) is 13.7. The Morgan fingerprint density at radius 1 is 1.29 bits per heavy atom. The molecule has 2 N–H and O–H groups in total. The molecule has 4 nitrogen and oxygen atoms in total. The smallest absolute Gasteiger partial charge is 0.259 e. The first kappa shape index (κ1) is 15.5. The molecule has 2 aromatic rings. The van der Waals surface area contributed by atoms with Gasteiger partial charge in [0.1, 0.15) is 0 Å². The van der Waals surface area contributed by atoms with Gasteiger partial charge in [0.2, 0.25) is 0 Å². The van der Waals surface area contributed by atoms with E-state index in [4.69, 9.17) is 0 Å². The van der Waals surface area contributed by atoms with Crippen LogP contribution in [0.15, 0.2) is 41.0 Å². The van der Waals surface area contributed by atoms with E-state index in [-0.39, 0.29) is 5.91 Å². The molecule has 0 spiro atoms. The van der Waals surface area contributed by atoms with Crippen LogP contribution in [0.2, 0.25) is 0 Å². The number of nitrogens with one attached hydrogen (secondary N) is 2. The Balaban J connectivity index is 2.19. The highest BCUT2D eigenvalue weighted by molar-refractivity contribution is 9.10. The minimum absolute atomic E-state index is 0.163. The minimum atomic E-state index is -0.163. The van der Waals surface area contributed by atoms with Crippen molar-refractivity contribution in [3.63, 3.8) is 0 Å². The predicted molar refractivity (Wildman–Crippen MR) is 89.8 cm³/mol. The fourth-order valence-electron chi connectivity index (χ4n) is 1.88. The Morgan fingerprint density at radius 2 is 2.00 bits per heavy atom. The number of nitrogens with zero attached hydrogens (tertiary/aromatic N) is 1. The number of aromatic nitrogens is 1. The maximum absolute atomic E-state index is 12.4. The van der Waals surface area contributed by atoms with Crippen molar-refractivity contribution in [2.24, 2.45) is 0 Å². The number of amides is 1. The van der Waals surface area contributed by atoms with Gasteiger partial charge in [0.15, 0.2) is 0 Å². The van der Waals surface area contributed by atoms with Gasteiger partial charge in [-0.25, -0.2) is 0 Å². The molecule has 1 aromatic heterocycles. The number of pyridine rings is 1. The van der Waals surface area contributed by atoms with E-state index >= 15 is 0 Å². The second-order valence-corrected chi connectivity index (χ2v) is 5.67. The first-order valence-electron chi connectivity index (χ1n) is 6.87. The molecule has 2 rings (SSSR count). The zero-order chi connectivity index (χ0) is 15.2. The van der Waals surface area contributed by atoms with Crippen molar-refractivity contribution < 1.29 is 4.79 Å². The van der Waals surface area contributed by atoms with Crippen LogP contribution < -0.4 is 10.6 Å². The molecule has 1 aromatic carbocycles. The number of benzene rings is 1. The van der Waals surface area contributed by atoms with E-state index in [1.54, 1.807) is 6.20 Å². The van der Waals surface area contributed by atoms with Gasteiger partial charge in [-0.15, -0.1) is 0 Å². The zero-order valence-electron chi connectivity index (χ0n) is 12.1. The summed E-state index contributed by atoms with van der Waals surface area (Å²) < 4.78 is 0.975. The molecule has 0 aliphatic rings. The molecule has 0 fully saturated rings.